The number of nitrogens with one attached hydrogen (secondary N) is 1. The van der Waals surface area contributed by atoms with Crippen molar-refractivity contribution in [1.82, 2.24) is 10.2 Å². The summed E-state index contributed by atoms with van der Waals surface area (Å²) in [6.07, 6.45) is 2.45. The summed E-state index contributed by atoms with van der Waals surface area (Å²) in [7, 11) is 1.56. The van der Waals surface area contributed by atoms with Crippen LogP contribution in [0, 0.1) is 0 Å². The van der Waals surface area contributed by atoms with Gasteiger partial charge in [-0.05, 0) is 55.6 Å². The van der Waals surface area contributed by atoms with Crippen LogP contribution in [0.15, 0.2) is 35.7 Å². The molecule has 6 heteroatoms. The standard InChI is InChI=1S/C18H21ClN2O2S/c1-23-16-7-6-13(11-14(16)19)18(22)20-12-15(17-5-4-10-24-17)21-8-2-3-9-21/h4-7,10-11,15H,2-3,8-9,12H2,1H3,(H,20,22)/t15-/m0/s1. The van der Waals surface area contributed by atoms with Gasteiger partial charge in [0.25, 0.3) is 5.91 Å². The average molecular weight is 365 g/mol. The third-order valence-corrected chi connectivity index (χ3v) is 5.59. The van der Waals surface area contributed by atoms with E-state index in [1.165, 1.54) is 17.7 Å². The highest BCUT2D eigenvalue weighted by Gasteiger charge is 2.24. The fourth-order valence-corrected chi connectivity index (χ4v) is 4.16. The lowest BCUT2D eigenvalue weighted by atomic mass is 10.1. The van der Waals surface area contributed by atoms with Crippen molar-refractivity contribution in [3.63, 3.8) is 0 Å². The van der Waals surface area contributed by atoms with Crippen LogP contribution < -0.4 is 10.1 Å². The van der Waals surface area contributed by atoms with Gasteiger partial charge in [-0.2, -0.15) is 0 Å². The Morgan fingerprint density at radius 2 is 2.17 bits per heavy atom. The Morgan fingerprint density at radius 3 is 2.79 bits per heavy atom. The molecule has 1 atom stereocenters. The summed E-state index contributed by atoms with van der Waals surface area (Å²) in [6.45, 7) is 2.78. The van der Waals surface area contributed by atoms with Crippen molar-refractivity contribution in [1.29, 1.82) is 0 Å². The van der Waals surface area contributed by atoms with Gasteiger partial charge in [0.15, 0.2) is 0 Å². The molecule has 0 spiro atoms. The summed E-state index contributed by atoms with van der Waals surface area (Å²) in [5.74, 6) is 0.460. The van der Waals surface area contributed by atoms with Gasteiger partial charge < -0.3 is 10.1 Å². The summed E-state index contributed by atoms with van der Waals surface area (Å²) in [5, 5.41) is 5.59. The number of hydrogen-bond donors (Lipinski definition) is 1. The fourth-order valence-electron chi connectivity index (χ4n) is 3.04. The van der Waals surface area contributed by atoms with Crippen LogP contribution in [0.5, 0.6) is 5.75 Å². The van der Waals surface area contributed by atoms with Crippen molar-refractivity contribution in [2.75, 3.05) is 26.7 Å². The van der Waals surface area contributed by atoms with E-state index in [0.29, 0.717) is 22.9 Å². The maximum atomic E-state index is 12.5. The molecule has 0 radical (unpaired) electrons. The van der Waals surface area contributed by atoms with E-state index in [2.05, 4.69) is 27.7 Å². The molecule has 0 saturated carbocycles. The second-order valence-corrected chi connectivity index (χ2v) is 7.22. The first-order valence-corrected chi connectivity index (χ1v) is 9.34. The highest BCUT2D eigenvalue weighted by Crippen LogP contribution is 2.28. The van der Waals surface area contributed by atoms with Crippen molar-refractivity contribution in [2.24, 2.45) is 0 Å². The Hall–Kier alpha value is -1.56. The van der Waals surface area contributed by atoms with Crippen LogP contribution in [-0.2, 0) is 0 Å². The molecule has 4 nitrogen and oxygen atoms in total. The minimum atomic E-state index is -0.111. The van der Waals surface area contributed by atoms with Crippen molar-refractivity contribution in [2.45, 2.75) is 18.9 Å². The number of methoxy groups -OCH3 is 1. The van der Waals surface area contributed by atoms with Crippen molar-refractivity contribution < 1.29 is 9.53 Å². The molecule has 1 amide bonds. The Kier molecular flexibility index (Phi) is 5.76. The number of benzene rings is 1. The van der Waals surface area contributed by atoms with Crippen LogP contribution in [0.2, 0.25) is 5.02 Å². The van der Waals surface area contributed by atoms with Crippen LogP contribution in [0.25, 0.3) is 0 Å². The number of rotatable bonds is 6. The molecule has 2 aromatic rings. The number of likely N-dealkylation sites (tertiary alicyclic amines) is 1. The minimum Gasteiger partial charge on any atom is -0.495 e. The summed E-state index contributed by atoms with van der Waals surface area (Å²) >= 11 is 7.85. The van der Waals surface area contributed by atoms with E-state index in [1.54, 1.807) is 36.6 Å². The van der Waals surface area contributed by atoms with E-state index < -0.39 is 0 Å². The maximum Gasteiger partial charge on any atom is 0.251 e. The Bertz CT molecular complexity index is 684. The van der Waals surface area contributed by atoms with Gasteiger partial charge in [0.05, 0.1) is 18.2 Å². The van der Waals surface area contributed by atoms with Crippen LogP contribution in [0.4, 0.5) is 0 Å². The molecule has 0 unspecified atom stereocenters. The molecule has 1 aliphatic heterocycles. The second kappa shape index (κ2) is 8.01. The lowest BCUT2D eigenvalue weighted by Gasteiger charge is -2.27. The fraction of sp³-hybridized carbons (Fsp3) is 0.389. The Balaban J connectivity index is 1.67. The third kappa shape index (κ3) is 3.91. The minimum absolute atomic E-state index is 0.111. The lowest BCUT2D eigenvalue weighted by Crippen LogP contribution is -2.36. The maximum absolute atomic E-state index is 12.5. The molecule has 0 aliphatic carbocycles. The van der Waals surface area contributed by atoms with Crippen molar-refractivity contribution in [3.8, 4) is 5.75 Å². The number of hydrogen-bond acceptors (Lipinski definition) is 4. The molecule has 24 heavy (non-hydrogen) atoms. The highest BCUT2D eigenvalue weighted by atomic mass is 35.5. The van der Waals surface area contributed by atoms with E-state index in [0.717, 1.165) is 13.1 Å². The number of carbonyl (C=O) groups is 1. The number of thiophene rings is 1. The zero-order chi connectivity index (χ0) is 16.9. The largest absolute Gasteiger partial charge is 0.495 e. The average Bonchev–Trinajstić information content (AvgIpc) is 3.29. The van der Waals surface area contributed by atoms with Crippen LogP contribution in [-0.4, -0.2) is 37.6 Å². The number of ether oxygens (including phenoxy) is 1. The normalized spacial score (nSPS) is 16.1. The van der Waals surface area contributed by atoms with Gasteiger partial charge in [0, 0.05) is 17.0 Å². The van der Waals surface area contributed by atoms with E-state index in [4.69, 9.17) is 16.3 Å². The summed E-state index contributed by atoms with van der Waals surface area (Å²) < 4.78 is 5.13. The molecule has 3 rings (SSSR count). The third-order valence-electron chi connectivity index (χ3n) is 4.32. The molecule has 1 aromatic heterocycles. The molecular formula is C18H21ClN2O2S. The van der Waals surface area contributed by atoms with Gasteiger partial charge in [-0.25, -0.2) is 0 Å². The number of carbonyl (C=O) groups excluding carboxylic acids is 1. The van der Waals surface area contributed by atoms with Crippen molar-refractivity contribution in [3.05, 3.63) is 51.2 Å². The molecule has 1 aliphatic rings. The van der Waals surface area contributed by atoms with Crippen LogP contribution >= 0.6 is 22.9 Å². The quantitative estimate of drug-likeness (QED) is 0.843. The smallest absolute Gasteiger partial charge is 0.251 e. The Labute approximate surface area is 151 Å². The van der Waals surface area contributed by atoms with E-state index in [9.17, 15) is 4.79 Å². The first-order valence-electron chi connectivity index (χ1n) is 8.08. The Morgan fingerprint density at radius 1 is 1.38 bits per heavy atom. The number of halogens is 1. The summed E-state index contributed by atoms with van der Waals surface area (Å²) in [4.78, 5) is 16.2. The molecule has 2 heterocycles. The summed E-state index contributed by atoms with van der Waals surface area (Å²) in [5.41, 5.74) is 0.548. The highest BCUT2D eigenvalue weighted by molar-refractivity contribution is 7.10. The first-order chi connectivity index (χ1) is 11.7. The molecule has 1 aromatic carbocycles. The molecule has 1 fully saturated rings. The second-order valence-electron chi connectivity index (χ2n) is 5.83. The van der Waals surface area contributed by atoms with E-state index >= 15 is 0 Å². The predicted molar refractivity (Wildman–Crippen MR) is 98.2 cm³/mol. The predicted octanol–water partition coefficient (Wildman–Crippen LogP) is 3.98. The lowest BCUT2D eigenvalue weighted by molar-refractivity contribution is 0.0938. The molecule has 128 valence electrons. The van der Waals surface area contributed by atoms with Crippen LogP contribution in [0.1, 0.15) is 34.1 Å². The molecule has 1 saturated heterocycles. The number of amides is 1. The zero-order valence-corrected chi connectivity index (χ0v) is 15.2. The van der Waals surface area contributed by atoms with Gasteiger partial charge in [-0.15, -0.1) is 11.3 Å². The van der Waals surface area contributed by atoms with Crippen molar-refractivity contribution >= 4 is 28.8 Å². The topological polar surface area (TPSA) is 41.6 Å². The SMILES string of the molecule is COc1ccc(C(=O)NC[C@@H](c2cccs2)N2CCCC2)cc1Cl. The monoisotopic (exact) mass is 364 g/mol. The van der Waals surface area contributed by atoms with E-state index in [1.807, 2.05) is 0 Å². The van der Waals surface area contributed by atoms with E-state index in [-0.39, 0.29) is 11.9 Å². The van der Waals surface area contributed by atoms with Gasteiger partial charge in [-0.1, -0.05) is 17.7 Å². The van der Waals surface area contributed by atoms with Gasteiger partial charge in [0.1, 0.15) is 5.75 Å². The zero-order valence-electron chi connectivity index (χ0n) is 13.6. The number of nitrogens with zero attached hydrogens (tertiary/aromatic N) is 1. The van der Waals surface area contributed by atoms with Gasteiger partial charge in [-0.3, -0.25) is 9.69 Å². The summed E-state index contributed by atoms with van der Waals surface area (Å²) in [6, 6.07) is 9.54. The van der Waals surface area contributed by atoms with Gasteiger partial charge >= 0.3 is 0 Å². The van der Waals surface area contributed by atoms with Crippen LogP contribution in [0.3, 0.4) is 0 Å². The first kappa shape index (κ1) is 17.3. The molecular weight excluding hydrogens is 344 g/mol. The van der Waals surface area contributed by atoms with Gasteiger partial charge in [0.2, 0.25) is 0 Å². The molecule has 1 N–H and O–H groups in total. The molecule has 0 bridgehead atoms.